The van der Waals surface area contributed by atoms with Gasteiger partial charge in [-0.2, -0.15) is 5.06 Å². The molecule has 0 aliphatic carbocycles. The first-order valence-corrected chi connectivity index (χ1v) is 4.43. The second-order valence-corrected chi connectivity index (χ2v) is 4.17. The maximum absolute atomic E-state index is 10.9. The van der Waals surface area contributed by atoms with Gasteiger partial charge >= 0.3 is 0 Å². The first-order chi connectivity index (χ1) is 5.47. The average Bonchev–Trinajstić information content (AvgIpc) is 1.91. The highest BCUT2D eigenvalue weighted by molar-refractivity contribution is 5.79. The van der Waals surface area contributed by atoms with Gasteiger partial charge in [-0.05, 0) is 20.8 Å². The van der Waals surface area contributed by atoms with Gasteiger partial charge in [0.15, 0.2) is 0 Å². The van der Waals surface area contributed by atoms with E-state index in [1.165, 1.54) is 0 Å². The van der Waals surface area contributed by atoms with E-state index < -0.39 is 0 Å². The van der Waals surface area contributed by atoms with E-state index in [1.54, 1.807) is 0 Å². The summed E-state index contributed by atoms with van der Waals surface area (Å²) >= 11 is 0. The summed E-state index contributed by atoms with van der Waals surface area (Å²) in [4.78, 5) is 16.5. The molecule has 12 heavy (non-hydrogen) atoms. The van der Waals surface area contributed by atoms with Crippen molar-refractivity contribution in [2.45, 2.75) is 39.2 Å². The lowest BCUT2D eigenvalue weighted by molar-refractivity contribution is -0.233. The minimum absolute atomic E-state index is 0.139. The predicted molar refractivity (Wildman–Crippen MR) is 46.7 cm³/mol. The quantitative estimate of drug-likeness (QED) is 0.597. The molecule has 0 atom stereocenters. The molecule has 0 aromatic rings. The van der Waals surface area contributed by atoms with E-state index in [4.69, 9.17) is 4.84 Å². The maximum Gasteiger partial charge on any atom is 0.135 e. The Morgan fingerprint density at radius 3 is 2.17 bits per heavy atom. The van der Waals surface area contributed by atoms with Crippen LogP contribution in [0.25, 0.3) is 0 Å². The van der Waals surface area contributed by atoms with Crippen molar-refractivity contribution in [3.05, 3.63) is 0 Å². The molecule has 0 N–H and O–H groups in total. The van der Waals surface area contributed by atoms with E-state index in [9.17, 15) is 4.79 Å². The molecule has 1 rings (SSSR count). The molecule has 70 valence electrons. The molecule has 0 unspecified atom stereocenters. The van der Waals surface area contributed by atoms with Crippen LogP contribution in [0.1, 0.15) is 33.6 Å². The lowest BCUT2D eigenvalue weighted by Gasteiger charge is -2.31. The van der Waals surface area contributed by atoms with Gasteiger partial charge in [0.1, 0.15) is 5.78 Å². The largest absolute Gasteiger partial charge is 0.300 e. The number of ketones is 1. The molecule has 0 radical (unpaired) electrons. The van der Waals surface area contributed by atoms with Gasteiger partial charge < -0.3 is 0 Å². The molecule has 3 nitrogen and oxygen atoms in total. The van der Waals surface area contributed by atoms with Crippen molar-refractivity contribution < 1.29 is 9.63 Å². The number of piperidine rings is 1. The molecular weight excluding hydrogens is 154 g/mol. The highest BCUT2D eigenvalue weighted by Gasteiger charge is 2.21. The Balaban J connectivity index is 2.31. The molecule has 1 aliphatic rings. The topological polar surface area (TPSA) is 29.5 Å². The fourth-order valence-electron chi connectivity index (χ4n) is 1.21. The van der Waals surface area contributed by atoms with E-state index in [1.807, 2.05) is 25.8 Å². The Morgan fingerprint density at radius 2 is 1.75 bits per heavy atom. The number of hydrogen-bond donors (Lipinski definition) is 0. The molecule has 0 bridgehead atoms. The molecule has 1 saturated heterocycles. The summed E-state index contributed by atoms with van der Waals surface area (Å²) in [6.07, 6.45) is 1.27. The molecule has 0 aromatic heterocycles. The van der Waals surface area contributed by atoms with Crippen LogP contribution in [0.15, 0.2) is 0 Å². The Hall–Kier alpha value is -0.410. The molecule has 1 fully saturated rings. The van der Waals surface area contributed by atoms with Gasteiger partial charge in [-0.1, -0.05) is 0 Å². The van der Waals surface area contributed by atoms with Crippen LogP contribution < -0.4 is 0 Å². The molecule has 0 spiro atoms. The van der Waals surface area contributed by atoms with Crippen molar-refractivity contribution in [3.63, 3.8) is 0 Å². The predicted octanol–water partition coefficient (Wildman–Crippen LogP) is 1.38. The van der Waals surface area contributed by atoms with Gasteiger partial charge in [0, 0.05) is 25.9 Å². The summed E-state index contributed by atoms with van der Waals surface area (Å²) in [6, 6.07) is 0. The van der Waals surface area contributed by atoms with E-state index in [0.717, 1.165) is 13.1 Å². The zero-order valence-corrected chi connectivity index (χ0v) is 8.09. The Kier molecular flexibility index (Phi) is 2.85. The summed E-state index contributed by atoms with van der Waals surface area (Å²) < 4.78 is 0. The van der Waals surface area contributed by atoms with Crippen LogP contribution in [-0.4, -0.2) is 29.5 Å². The second kappa shape index (κ2) is 3.54. The van der Waals surface area contributed by atoms with Crippen molar-refractivity contribution >= 4 is 5.78 Å². The maximum atomic E-state index is 10.9. The van der Waals surface area contributed by atoms with Gasteiger partial charge in [-0.15, -0.1) is 0 Å². The SMILES string of the molecule is CC(C)(C)ON1CCC(=O)CC1. The van der Waals surface area contributed by atoms with Crippen LogP contribution in [0.5, 0.6) is 0 Å². The Labute approximate surface area is 73.6 Å². The van der Waals surface area contributed by atoms with Gasteiger partial charge in [0.05, 0.1) is 5.60 Å². The van der Waals surface area contributed by atoms with Gasteiger partial charge in [-0.3, -0.25) is 9.63 Å². The average molecular weight is 171 g/mol. The molecular formula is C9H17NO2. The van der Waals surface area contributed by atoms with Crippen molar-refractivity contribution in [2.24, 2.45) is 0 Å². The molecule has 1 heterocycles. The van der Waals surface area contributed by atoms with Gasteiger partial charge in [0.2, 0.25) is 0 Å². The lowest BCUT2D eigenvalue weighted by Crippen LogP contribution is -2.39. The number of hydrogen-bond acceptors (Lipinski definition) is 3. The number of rotatable bonds is 1. The normalized spacial score (nSPS) is 21.4. The zero-order chi connectivity index (χ0) is 9.19. The Morgan fingerprint density at radius 1 is 1.25 bits per heavy atom. The van der Waals surface area contributed by atoms with Crippen LogP contribution in [0.2, 0.25) is 0 Å². The first kappa shape index (κ1) is 9.68. The third kappa shape index (κ3) is 3.32. The van der Waals surface area contributed by atoms with E-state index in [2.05, 4.69) is 0 Å². The summed E-state index contributed by atoms with van der Waals surface area (Å²) in [5, 5.41) is 1.89. The smallest absolute Gasteiger partial charge is 0.135 e. The molecule has 0 aromatic carbocycles. The highest BCUT2D eigenvalue weighted by atomic mass is 16.7. The minimum atomic E-state index is -0.139. The van der Waals surface area contributed by atoms with E-state index in [0.29, 0.717) is 18.6 Å². The summed E-state index contributed by atoms with van der Waals surface area (Å²) in [6.45, 7) is 7.54. The zero-order valence-electron chi connectivity index (χ0n) is 8.09. The number of carbonyl (C=O) groups is 1. The van der Waals surface area contributed by atoms with Crippen LogP contribution in [0.4, 0.5) is 0 Å². The molecule has 0 amide bonds. The van der Waals surface area contributed by atoms with Crippen molar-refractivity contribution in [2.75, 3.05) is 13.1 Å². The van der Waals surface area contributed by atoms with Crippen LogP contribution in [-0.2, 0) is 9.63 Å². The standard InChI is InChI=1S/C9H17NO2/c1-9(2,3)12-10-6-4-8(11)5-7-10/h4-7H2,1-3H3. The number of hydroxylamine groups is 2. The second-order valence-electron chi connectivity index (χ2n) is 4.17. The fraction of sp³-hybridized carbons (Fsp3) is 0.889. The first-order valence-electron chi connectivity index (χ1n) is 4.43. The third-order valence-corrected chi connectivity index (χ3v) is 1.68. The summed E-state index contributed by atoms with van der Waals surface area (Å²) in [7, 11) is 0. The van der Waals surface area contributed by atoms with Crippen LogP contribution in [0.3, 0.4) is 0 Å². The number of Topliss-reactive ketones (excluding diaryl/α,β-unsaturated/α-hetero) is 1. The monoisotopic (exact) mass is 171 g/mol. The summed E-state index contributed by atoms with van der Waals surface area (Å²) in [5.41, 5.74) is -0.139. The van der Waals surface area contributed by atoms with Gasteiger partial charge in [-0.25, -0.2) is 0 Å². The summed E-state index contributed by atoms with van der Waals surface area (Å²) in [5.74, 6) is 0.351. The number of nitrogens with zero attached hydrogens (tertiary/aromatic N) is 1. The van der Waals surface area contributed by atoms with Crippen LogP contribution in [0, 0.1) is 0 Å². The van der Waals surface area contributed by atoms with Crippen LogP contribution >= 0.6 is 0 Å². The van der Waals surface area contributed by atoms with Crippen molar-refractivity contribution in [1.29, 1.82) is 0 Å². The van der Waals surface area contributed by atoms with E-state index >= 15 is 0 Å². The highest BCUT2D eigenvalue weighted by Crippen LogP contribution is 2.14. The molecule has 1 aliphatic heterocycles. The Bertz CT molecular complexity index is 162. The fourth-order valence-corrected chi connectivity index (χ4v) is 1.21. The minimum Gasteiger partial charge on any atom is -0.300 e. The number of carbonyl (C=O) groups excluding carboxylic acids is 1. The van der Waals surface area contributed by atoms with E-state index in [-0.39, 0.29) is 5.60 Å². The van der Waals surface area contributed by atoms with Crippen molar-refractivity contribution in [3.8, 4) is 0 Å². The molecule has 3 heteroatoms. The van der Waals surface area contributed by atoms with Crippen molar-refractivity contribution in [1.82, 2.24) is 5.06 Å². The van der Waals surface area contributed by atoms with Gasteiger partial charge in [0.25, 0.3) is 0 Å². The third-order valence-electron chi connectivity index (χ3n) is 1.68. The lowest BCUT2D eigenvalue weighted by atomic mass is 10.1. The molecule has 0 saturated carbocycles.